The number of aromatic nitrogens is 3. The minimum absolute atomic E-state index is 0.0253. The summed E-state index contributed by atoms with van der Waals surface area (Å²) in [7, 11) is 2.62. The maximum Gasteiger partial charge on any atom is 0.416 e. The van der Waals surface area contributed by atoms with Gasteiger partial charge in [0, 0.05) is 42.4 Å². The molecule has 0 aliphatic heterocycles. The Balaban J connectivity index is 2.62. The van der Waals surface area contributed by atoms with E-state index in [2.05, 4.69) is 4.98 Å². The normalized spacial score (nSPS) is 12.0. The number of aryl methyl sites for hydroxylation is 1. The first-order valence-corrected chi connectivity index (χ1v) is 8.32. The molecular formula is C17H15ClF3N5O2. The fourth-order valence-corrected chi connectivity index (χ4v) is 3.25. The fourth-order valence-electron chi connectivity index (χ4n) is 3.04. The topological polar surface area (TPSA) is 109 Å². The Bertz CT molecular complexity index is 1230. The van der Waals surface area contributed by atoms with Crippen LogP contribution in [0.3, 0.4) is 0 Å². The molecule has 0 radical (unpaired) electrons. The molecule has 0 unspecified atom stereocenters. The van der Waals surface area contributed by atoms with E-state index in [4.69, 9.17) is 23.1 Å². The smallest absolute Gasteiger partial charge is 0.383 e. The van der Waals surface area contributed by atoms with Crippen LogP contribution in [0.4, 0.5) is 19.0 Å². The molecule has 0 saturated carbocycles. The second-order valence-electron chi connectivity index (χ2n) is 6.15. The number of rotatable bonds is 2. The lowest BCUT2D eigenvalue weighted by Crippen LogP contribution is -2.38. The molecule has 0 amide bonds. The lowest BCUT2D eigenvalue weighted by Gasteiger charge is -2.18. The summed E-state index contributed by atoms with van der Waals surface area (Å²) >= 11 is 6.18. The average molecular weight is 414 g/mol. The summed E-state index contributed by atoms with van der Waals surface area (Å²) < 4.78 is 41.6. The highest BCUT2D eigenvalue weighted by molar-refractivity contribution is 6.33. The van der Waals surface area contributed by atoms with Crippen LogP contribution in [0.5, 0.6) is 0 Å². The van der Waals surface area contributed by atoms with Gasteiger partial charge in [0.2, 0.25) is 0 Å². The molecule has 0 aliphatic rings. The van der Waals surface area contributed by atoms with Crippen molar-refractivity contribution in [3.8, 4) is 11.1 Å². The number of halogens is 4. The Hall–Kier alpha value is -2.85. The van der Waals surface area contributed by atoms with Gasteiger partial charge in [0.05, 0.1) is 10.9 Å². The van der Waals surface area contributed by atoms with Gasteiger partial charge in [-0.05, 0) is 18.2 Å². The number of nitrogen functional groups attached to an aromatic ring is 1. The molecule has 3 rings (SSSR count). The first-order chi connectivity index (χ1) is 13.0. The largest absolute Gasteiger partial charge is 0.416 e. The minimum atomic E-state index is -4.63. The fraction of sp³-hybridized carbons (Fsp3) is 0.235. The van der Waals surface area contributed by atoms with Gasteiger partial charge in [0.15, 0.2) is 5.65 Å². The quantitative estimate of drug-likeness (QED) is 0.668. The zero-order chi connectivity index (χ0) is 21.0. The number of anilines is 1. The van der Waals surface area contributed by atoms with Gasteiger partial charge in [-0.2, -0.15) is 13.2 Å². The van der Waals surface area contributed by atoms with Crippen molar-refractivity contribution in [3.63, 3.8) is 0 Å². The number of pyridine rings is 1. The molecule has 3 aromatic rings. The first-order valence-electron chi connectivity index (χ1n) is 7.94. The molecule has 0 atom stereocenters. The molecule has 2 aromatic heterocycles. The Morgan fingerprint density at radius 2 is 1.82 bits per heavy atom. The number of fused-ring (bicyclic) bond motifs is 1. The number of hydrogen-bond acceptors (Lipinski definition) is 5. The summed E-state index contributed by atoms with van der Waals surface area (Å²) in [6.07, 6.45) is -4.63. The van der Waals surface area contributed by atoms with Gasteiger partial charge in [0.25, 0.3) is 5.56 Å². The lowest BCUT2D eigenvalue weighted by molar-refractivity contribution is -0.137. The number of nitrogens with two attached hydrogens (primary N) is 2. The standard InChI is InChI=1S/C17H15ClF3N5O2/c1-25-14-12(15(27)26(2)16(25)28)11(9(6-22)13(23)24-14)8-5-7(17(19,20)21)3-4-10(8)18/h3-5H,6,22H2,1-2H3,(H2,23,24). The Morgan fingerprint density at radius 3 is 2.39 bits per heavy atom. The third-order valence-corrected chi connectivity index (χ3v) is 4.82. The molecular weight excluding hydrogens is 399 g/mol. The Labute approximate surface area is 161 Å². The molecule has 148 valence electrons. The van der Waals surface area contributed by atoms with Crippen molar-refractivity contribution in [1.29, 1.82) is 0 Å². The van der Waals surface area contributed by atoms with Crippen LogP contribution in [0.2, 0.25) is 5.02 Å². The monoisotopic (exact) mass is 413 g/mol. The average Bonchev–Trinajstić information content (AvgIpc) is 2.63. The van der Waals surface area contributed by atoms with E-state index in [0.29, 0.717) is 0 Å². The van der Waals surface area contributed by atoms with Gasteiger partial charge in [-0.15, -0.1) is 0 Å². The van der Waals surface area contributed by atoms with E-state index in [0.717, 1.165) is 27.3 Å². The van der Waals surface area contributed by atoms with Crippen molar-refractivity contribution < 1.29 is 13.2 Å². The van der Waals surface area contributed by atoms with Crippen molar-refractivity contribution in [2.75, 3.05) is 5.73 Å². The predicted molar refractivity (Wildman–Crippen MR) is 100.0 cm³/mol. The van der Waals surface area contributed by atoms with E-state index in [-0.39, 0.29) is 45.1 Å². The Morgan fingerprint density at radius 1 is 1.18 bits per heavy atom. The molecule has 0 saturated heterocycles. The maximum atomic E-state index is 13.2. The van der Waals surface area contributed by atoms with Crippen molar-refractivity contribution in [2.45, 2.75) is 12.7 Å². The molecule has 7 nitrogen and oxygen atoms in total. The lowest BCUT2D eigenvalue weighted by atomic mass is 9.95. The molecule has 0 fully saturated rings. The SMILES string of the molecule is Cn1c(=O)c2c(-c3cc(C(F)(F)F)ccc3Cl)c(CN)c(N)nc2n(C)c1=O. The van der Waals surface area contributed by atoms with E-state index >= 15 is 0 Å². The zero-order valence-corrected chi connectivity index (χ0v) is 15.5. The van der Waals surface area contributed by atoms with Gasteiger partial charge in [0.1, 0.15) is 5.82 Å². The van der Waals surface area contributed by atoms with E-state index in [1.807, 2.05) is 0 Å². The molecule has 2 heterocycles. The van der Waals surface area contributed by atoms with Crippen LogP contribution in [-0.4, -0.2) is 14.1 Å². The molecule has 11 heteroatoms. The van der Waals surface area contributed by atoms with E-state index in [9.17, 15) is 22.8 Å². The highest BCUT2D eigenvalue weighted by Crippen LogP contribution is 2.40. The van der Waals surface area contributed by atoms with Gasteiger partial charge in [-0.25, -0.2) is 9.78 Å². The van der Waals surface area contributed by atoms with Crippen LogP contribution in [0.15, 0.2) is 27.8 Å². The van der Waals surface area contributed by atoms with Gasteiger partial charge < -0.3 is 11.5 Å². The van der Waals surface area contributed by atoms with Crippen molar-refractivity contribution in [1.82, 2.24) is 14.1 Å². The van der Waals surface area contributed by atoms with E-state index < -0.39 is 23.0 Å². The van der Waals surface area contributed by atoms with Crippen molar-refractivity contribution >= 4 is 28.5 Å². The zero-order valence-electron chi connectivity index (χ0n) is 14.8. The summed E-state index contributed by atoms with van der Waals surface area (Å²) in [4.78, 5) is 29.1. The van der Waals surface area contributed by atoms with Gasteiger partial charge in [-0.1, -0.05) is 11.6 Å². The molecule has 1 aromatic carbocycles. The van der Waals surface area contributed by atoms with Crippen LogP contribution in [0.1, 0.15) is 11.1 Å². The number of alkyl halides is 3. The molecule has 4 N–H and O–H groups in total. The summed E-state index contributed by atoms with van der Waals surface area (Å²) in [5, 5.41) is -0.133. The number of benzene rings is 1. The Kier molecular flexibility index (Phi) is 4.72. The maximum absolute atomic E-state index is 13.2. The number of nitrogens with zero attached hydrogens (tertiary/aromatic N) is 3. The van der Waals surface area contributed by atoms with Crippen LogP contribution in [0, 0.1) is 0 Å². The molecule has 0 aliphatic carbocycles. The van der Waals surface area contributed by atoms with Crippen LogP contribution < -0.4 is 22.7 Å². The van der Waals surface area contributed by atoms with Gasteiger partial charge in [-0.3, -0.25) is 13.9 Å². The third-order valence-electron chi connectivity index (χ3n) is 4.49. The van der Waals surface area contributed by atoms with E-state index in [1.165, 1.54) is 14.1 Å². The molecule has 28 heavy (non-hydrogen) atoms. The minimum Gasteiger partial charge on any atom is -0.383 e. The summed E-state index contributed by atoms with van der Waals surface area (Å²) in [6, 6.07) is 2.73. The summed E-state index contributed by atoms with van der Waals surface area (Å²) in [6.45, 7) is -0.206. The highest BCUT2D eigenvalue weighted by Gasteiger charge is 2.32. The van der Waals surface area contributed by atoms with Crippen LogP contribution >= 0.6 is 11.6 Å². The van der Waals surface area contributed by atoms with E-state index in [1.54, 1.807) is 0 Å². The summed E-state index contributed by atoms with van der Waals surface area (Å²) in [5.74, 6) is -0.110. The highest BCUT2D eigenvalue weighted by atomic mass is 35.5. The first kappa shape index (κ1) is 19.9. The van der Waals surface area contributed by atoms with Crippen LogP contribution in [-0.2, 0) is 26.8 Å². The number of hydrogen-bond donors (Lipinski definition) is 2. The van der Waals surface area contributed by atoms with Gasteiger partial charge >= 0.3 is 11.9 Å². The van der Waals surface area contributed by atoms with Crippen molar-refractivity contribution in [2.24, 2.45) is 19.8 Å². The predicted octanol–water partition coefficient (Wildman–Crippen LogP) is 2.01. The second-order valence-corrected chi connectivity index (χ2v) is 6.56. The second kappa shape index (κ2) is 6.64. The van der Waals surface area contributed by atoms with Crippen molar-refractivity contribution in [3.05, 3.63) is 55.2 Å². The molecule has 0 bridgehead atoms. The summed E-state index contributed by atoms with van der Waals surface area (Å²) in [5.41, 5.74) is 9.34. The molecule has 0 spiro atoms. The van der Waals surface area contributed by atoms with Crippen LogP contribution in [0.25, 0.3) is 22.2 Å². The third kappa shape index (κ3) is 2.94.